The molecular formula is C16H18N4O. The largest absolute Gasteiger partial charge is 0.329 e. The van der Waals surface area contributed by atoms with Crippen molar-refractivity contribution in [2.24, 2.45) is 5.73 Å². The number of aromatic nitrogens is 3. The van der Waals surface area contributed by atoms with E-state index in [0.29, 0.717) is 18.6 Å². The molecule has 0 amide bonds. The molecule has 0 fully saturated rings. The van der Waals surface area contributed by atoms with Crippen LogP contribution >= 0.6 is 0 Å². The van der Waals surface area contributed by atoms with Crippen LogP contribution in [-0.4, -0.2) is 20.7 Å². The zero-order chi connectivity index (χ0) is 15.0. The molecule has 2 heterocycles. The second kappa shape index (κ2) is 5.18. The number of benzene rings is 1. The second-order valence-corrected chi connectivity index (χ2v) is 5.26. The van der Waals surface area contributed by atoms with Crippen molar-refractivity contribution in [2.75, 3.05) is 6.54 Å². The van der Waals surface area contributed by atoms with Gasteiger partial charge in [-0.25, -0.2) is 4.52 Å². The van der Waals surface area contributed by atoms with Crippen LogP contribution in [0, 0.1) is 13.8 Å². The maximum absolute atomic E-state index is 12.4. The molecule has 2 N–H and O–H groups in total. The Morgan fingerprint density at radius 3 is 2.76 bits per heavy atom. The van der Waals surface area contributed by atoms with Gasteiger partial charge in [0.2, 0.25) is 0 Å². The molecule has 0 atom stereocenters. The average Bonchev–Trinajstić information content (AvgIpc) is 2.89. The van der Waals surface area contributed by atoms with Gasteiger partial charge in [0.05, 0.1) is 5.69 Å². The van der Waals surface area contributed by atoms with Crippen LogP contribution in [0.3, 0.4) is 0 Å². The first-order valence-electron chi connectivity index (χ1n) is 6.96. The standard InChI is InChI=1S/C16H18N4O/c1-11-3-4-12(2)13(9-11)14-10-15-16(21)19(6-5-17)7-8-20(15)18-14/h3-4,7-10H,5-6,17H2,1-2H3. The molecule has 5 heteroatoms. The van der Waals surface area contributed by atoms with Crippen molar-refractivity contribution in [1.29, 1.82) is 0 Å². The van der Waals surface area contributed by atoms with E-state index in [1.54, 1.807) is 21.5 Å². The number of hydrogen-bond acceptors (Lipinski definition) is 3. The van der Waals surface area contributed by atoms with Gasteiger partial charge in [-0.1, -0.05) is 17.7 Å². The summed E-state index contributed by atoms with van der Waals surface area (Å²) in [5, 5.41) is 4.52. The maximum Gasteiger partial charge on any atom is 0.276 e. The molecule has 0 bridgehead atoms. The lowest BCUT2D eigenvalue weighted by molar-refractivity contribution is 0.673. The molecule has 0 aliphatic rings. The zero-order valence-corrected chi connectivity index (χ0v) is 12.2. The Morgan fingerprint density at radius 1 is 1.19 bits per heavy atom. The minimum atomic E-state index is -0.0630. The van der Waals surface area contributed by atoms with Crippen LogP contribution in [0.1, 0.15) is 11.1 Å². The van der Waals surface area contributed by atoms with Crippen molar-refractivity contribution < 1.29 is 0 Å². The highest BCUT2D eigenvalue weighted by Gasteiger charge is 2.10. The summed E-state index contributed by atoms with van der Waals surface area (Å²) in [6, 6.07) is 8.08. The minimum absolute atomic E-state index is 0.0630. The molecule has 0 radical (unpaired) electrons. The Labute approximate surface area is 122 Å². The van der Waals surface area contributed by atoms with E-state index in [2.05, 4.69) is 23.3 Å². The fraction of sp³-hybridized carbons (Fsp3) is 0.250. The molecule has 3 aromatic rings. The second-order valence-electron chi connectivity index (χ2n) is 5.26. The molecular weight excluding hydrogens is 264 g/mol. The predicted molar refractivity (Wildman–Crippen MR) is 83.4 cm³/mol. The van der Waals surface area contributed by atoms with Crippen LogP contribution in [0.2, 0.25) is 0 Å². The van der Waals surface area contributed by atoms with Gasteiger partial charge in [-0.05, 0) is 31.5 Å². The zero-order valence-electron chi connectivity index (χ0n) is 12.2. The summed E-state index contributed by atoms with van der Waals surface area (Å²) in [7, 11) is 0. The predicted octanol–water partition coefficient (Wildman–Crippen LogP) is 1.74. The number of fused-ring (bicyclic) bond motifs is 1. The summed E-state index contributed by atoms with van der Waals surface area (Å²) in [6.45, 7) is 5.05. The fourth-order valence-corrected chi connectivity index (χ4v) is 2.48. The van der Waals surface area contributed by atoms with Gasteiger partial charge in [-0.2, -0.15) is 5.10 Å². The van der Waals surface area contributed by atoms with Gasteiger partial charge in [0, 0.05) is 31.0 Å². The van der Waals surface area contributed by atoms with Crippen molar-refractivity contribution in [3.8, 4) is 11.3 Å². The van der Waals surface area contributed by atoms with Crippen LogP contribution in [0.5, 0.6) is 0 Å². The van der Waals surface area contributed by atoms with Crippen LogP contribution < -0.4 is 11.3 Å². The van der Waals surface area contributed by atoms with E-state index in [1.165, 1.54) is 5.56 Å². The van der Waals surface area contributed by atoms with Crippen molar-refractivity contribution in [3.63, 3.8) is 0 Å². The van der Waals surface area contributed by atoms with E-state index in [4.69, 9.17) is 5.73 Å². The van der Waals surface area contributed by atoms with E-state index in [1.807, 2.05) is 19.9 Å². The van der Waals surface area contributed by atoms with Gasteiger partial charge in [0.1, 0.15) is 5.52 Å². The highest BCUT2D eigenvalue weighted by atomic mass is 16.1. The summed E-state index contributed by atoms with van der Waals surface area (Å²) in [6.07, 6.45) is 3.52. The Morgan fingerprint density at radius 2 is 2.00 bits per heavy atom. The summed E-state index contributed by atoms with van der Waals surface area (Å²) < 4.78 is 3.25. The lowest BCUT2D eigenvalue weighted by Gasteiger charge is -2.03. The van der Waals surface area contributed by atoms with Crippen LogP contribution in [0.4, 0.5) is 0 Å². The van der Waals surface area contributed by atoms with Crippen LogP contribution in [0.15, 0.2) is 41.5 Å². The van der Waals surface area contributed by atoms with Gasteiger partial charge in [0.15, 0.2) is 0 Å². The summed E-state index contributed by atoms with van der Waals surface area (Å²) >= 11 is 0. The Balaban J connectivity index is 2.19. The normalized spacial score (nSPS) is 11.2. The van der Waals surface area contributed by atoms with Crippen LogP contribution in [-0.2, 0) is 6.54 Å². The van der Waals surface area contributed by atoms with Crippen molar-refractivity contribution >= 4 is 5.52 Å². The smallest absolute Gasteiger partial charge is 0.276 e. The van der Waals surface area contributed by atoms with Gasteiger partial charge < -0.3 is 10.3 Å². The molecule has 0 aliphatic carbocycles. The lowest BCUT2D eigenvalue weighted by Crippen LogP contribution is -2.24. The highest BCUT2D eigenvalue weighted by molar-refractivity contribution is 5.69. The number of nitrogens with zero attached hydrogens (tertiary/aromatic N) is 3. The monoisotopic (exact) mass is 282 g/mol. The minimum Gasteiger partial charge on any atom is -0.329 e. The molecule has 0 aliphatic heterocycles. The summed E-state index contributed by atoms with van der Waals surface area (Å²) in [5.74, 6) is 0. The molecule has 108 valence electrons. The van der Waals surface area contributed by atoms with E-state index in [-0.39, 0.29) is 5.56 Å². The summed E-state index contributed by atoms with van der Waals surface area (Å²) in [5.41, 5.74) is 10.2. The molecule has 0 saturated carbocycles. The quantitative estimate of drug-likeness (QED) is 0.795. The first-order valence-corrected chi connectivity index (χ1v) is 6.96. The highest BCUT2D eigenvalue weighted by Crippen LogP contribution is 2.23. The van der Waals surface area contributed by atoms with Gasteiger partial charge in [-0.3, -0.25) is 4.79 Å². The molecule has 2 aromatic heterocycles. The van der Waals surface area contributed by atoms with Gasteiger partial charge in [0.25, 0.3) is 5.56 Å². The van der Waals surface area contributed by atoms with E-state index >= 15 is 0 Å². The third-order valence-corrected chi connectivity index (χ3v) is 3.64. The van der Waals surface area contributed by atoms with Crippen molar-refractivity contribution in [2.45, 2.75) is 20.4 Å². The molecule has 5 nitrogen and oxygen atoms in total. The number of hydrogen-bond donors (Lipinski definition) is 1. The Bertz CT molecular complexity index is 860. The molecule has 0 saturated heterocycles. The maximum atomic E-state index is 12.4. The first kappa shape index (κ1) is 13.6. The van der Waals surface area contributed by atoms with E-state index in [0.717, 1.165) is 16.8 Å². The van der Waals surface area contributed by atoms with Gasteiger partial charge >= 0.3 is 0 Å². The molecule has 0 unspecified atom stereocenters. The third-order valence-electron chi connectivity index (χ3n) is 3.64. The van der Waals surface area contributed by atoms with E-state index < -0.39 is 0 Å². The molecule has 21 heavy (non-hydrogen) atoms. The third kappa shape index (κ3) is 2.36. The number of rotatable bonds is 3. The molecule has 1 aromatic carbocycles. The number of nitrogens with two attached hydrogens (primary N) is 1. The SMILES string of the molecule is Cc1ccc(C)c(-c2cc3c(=O)n(CCN)ccn3n2)c1. The summed E-state index contributed by atoms with van der Waals surface area (Å²) in [4.78, 5) is 12.4. The van der Waals surface area contributed by atoms with Crippen LogP contribution in [0.25, 0.3) is 16.8 Å². The van der Waals surface area contributed by atoms with E-state index in [9.17, 15) is 4.79 Å². The topological polar surface area (TPSA) is 65.3 Å². The van der Waals surface area contributed by atoms with Gasteiger partial charge in [-0.15, -0.1) is 0 Å². The Kier molecular flexibility index (Phi) is 3.35. The average molecular weight is 282 g/mol. The van der Waals surface area contributed by atoms with Crippen molar-refractivity contribution in [1.82, 2.24) is 14.2 Å². The molecule has 0 spiro atoms. The Hall–Kier alpha value is -2.40. The van der Waals surface area contributed by atoms with Crippen molar-refractivity contribution in [3.05, 3.63) is 58.1 Å². The lowest BCUT2D eigenvalue weighted by atomic mass is 10.0. The first-order chi connectivity index (χ1) is 10.1. The molecule has 3 rings (SSSR count). The fourth-order valence-electron chi connectivity index (χ4n) is 2.48. The number of aryl methyl sites for hydroxylation is 2.